The third-order valence-corrected chi connectivity index (χ3v) is 8.15. The van der Waals surface area contributed by atoms with E-state index in [2.05, 4.69) is 34.5 Å². The van der Waals surface area contributed by atoms with E-state index in [0.717, 1.165) is 71.4 Å². The van der Waals surface area contributed by atoms with E-state index in [1.54, 1.807) is 19.1 Å². The molecule has 1 aromatic rings. The molecule has 0 aliphatic carbocycles. The van der Waals surface area contributed by atoms with Crippen LogP contribution in [0.1, 0.15) is 62.6 Å². The number of likely N-dealkylation sites (tertiary alicyclic amines) is 1. The van der Waals surface area contributed by atoms with Gasteiger partial charge in [-0.15, -0.1) is 0 Å². The Bertz CT molecular complexity index is 654. The summed E-state index contributed by atoms with van der Waals surface area (Å²) in [6, 6.07) is 4.47. The average molecular weight is 435 g/mol. The van der Waals surface area contributed by atoms with Crippen molar-refractivity contribution in [1.29, 1.82) is 0 Å². The molecule has 2 saturated heterocycles. The molecule has 1 aromatic heterocycles. The second kappa shape index (κ2) is 11.5. The number of unbranched alkanes of at least 4 members (excludes halogenated alkanes) is 1. The average Bonchev–Trinajstić information content (AvgIpc) is 2.78. The molecule has 30 heavy (non-hydrogen) atoms. The van der Waals surface area contributed by atoms with Crippen LogP contribution in [0, 0.1) is 0 Å². The van der Waals surface area contributed by atoms with E-state index in [1.165, 1.54) is 24.1 Å². The second-order valence-corrected chi connectivity index (χ2v) is 10.2. The highest BCUT2D eigenvalue weighted by atomic mass is 32.2. The van der Waals surface area contributed by atoms with Crippen LogP contribution in [-0.4, -0.2) is 71.3 Å². The van der Waals surface area contributed by atoms with Gasteiger partial charge in [-0.1, -0.05) is 31.4 Å². The molecule has 0 bridgehead atoms. The van der Waals surface area contributed by atoms with Gasteiger partial charge in [0, 0.05) is 57.6 Å². The van der Waals surface area contributed by atoms with Crippen LogP contribution in [0.3, 0.4) is 0 Å². The summed E-state index contributed by atoms with van der Waals surface area (Å²) in [6.45, 7) is 7.66. The number of methoxy groups -OCH3 is 1. The largest absolute Gasteiger partial charge is 0.383 e. The van der Waals surface area contributed by atoms with Gasteiger partial charge >= 0.3 is 0 Å². The number of ether oxygens (including phenoxy) is 1. The molecule has 0 saturated carbocycles. The van der Waals surface area contributed by atoms with Crippen molar-refractivity contribution in [2.75, 3.05) is 46.4 Å². The fourth-order valence-corrected chi connectivity index (χ4v) is 5.78. The molecule has 0 spiro atoms. The van der Waals surface area contributed by atoms with E-state index >= 15 is 0 Å². The van der Waals surface area contributed by atoms with E-state index in [-0.39, 0.29) is 5.91 Å². The van der Waals surface area contributed by atoms with Crippen molar-refractivity contribution < 1.29 is 9.53 Å². The lowest BCUT2D eigenvalue weighted by Gasteiger charge is -2.42. The van der Waals surface area contributed by atoms with E-state index in [0.29, 0.717) is 5.92 Å². The lowest BCUT2D eigenvalue weighted by molar-refractivity contribution is -0.121. The highest BCUT2D eigenvalue weighted by Gasteiger charge is 2.43. The number of hydrogen-bond donors (Lipinski definition) is 1. The number of pyridine rings is 1. The van der Waals surface area contributed by atoms with E-state index in [4.69, 9.17) is 15.5 Å². The molecular weight excluding hydrogens is 396 g/mol. The number of carbonyl (C=O) groups excluding carboxylic acids is 1. The zero-order chi connectivity index (χ0) is 21.4. The first-order chi connectivity index (χ1) is 14.6. The zero-order valence-corrected chi connectivity index (χ0v) is 19.5. The van der Waals surface area contributed by atoms with Crippen molar-refractivity contribution in [1.82, 2.24) is 14.2 Å². The first-order valence-electron chi connectivity index (χ1n) is 11.5. The molecule has 0 unspecified atom stereocenters. The summed E-state index contributed by atoms with van der Waals surface area (Å²) in [7, 11) is 1.73. The van der Waals surface area contributed by atoms with Gasteiger partial charge < -0.3 is 15.4 Å². The van der Waals surface area contributed by atoms with Gasteiger partial charge in [-0.3, -0.25) is 9.78 Å². The molecule has 2 aliphatic heterocycles. The smallest absolute Gasteiger partial charge is 0.235 e. The third-order valence-electron chi connectivity index (χ3n) is 6.57. The number of aryl methyl sites for hydroxylation is 1. The predicted octanol–water partition coefficient (Wildman–Crippen LogP) is 3.22. The molecule has 0 aromatic carbocycles. The van der Waals surface area contributed by atoms with E-state index in [1.807, 2.05) is 0 Å². The van der Waals surface area contributed by atoms with Crippen LogP contribution in [-0.2, 0) is 16.0 Å². The molecule has 0 radical (unpaired) electrons. The van der Waals surface area contributed by atoms with Gasteiger partial charge in [0.25, 0.3) is 0 Å². The third kappa shape index (κ3) is 6.19. The summed E-state index contributed by atoms with van der Waals surface area (Å²) in [6.07, 6.45) is 9.43. The summed E-state index contributed by atoms with van der Waals surface area (Å²) in [5.41, 5.74) is 8.45. The monoisotopic (exact) mass is 434 g/mol. The predicted molar refractivity (Wildman–Crippen MR) is 123 cm³/mol. The van der Waals surface area contributed by atoms with Crippen LogP contribution in [0.4, 0.5) is 0 Å². The first kappa shape index (κ1) is 23.5. The Kier molecular flexibility index (Phi) is 8.98. The first-order valence-corrected chi connectivity index (χ1v) is 12.2. The van der Waals surface area contributed by atoms with Gasteiger partial charge in [-0.2, -0.15) is 0 Å². The summed E-state index contributed by atoms with van der Waals surface area (Å²) < 4.78 is 7.10. The lowest BCUT2D eigenvalue weighted by atomic mass is 9.93. The Labute approximate surface area is 186 Å². The van der Waals surface area contributed by atoms with Crippen molar-refractivity contribution in [3.05, 3.63) is 29.6 Å². The summed E-state index contributed by atoms with van der Waals surface area (Å²) in [5, 5.41) is 0. The molecule has 7 heteroatoms. The Morgan fingerprint density at radius 1 is 1.27 bits per heavy atom. The lowest BCUT2D eigenvalue weighted by Crippen LogP contribution is -2.52. The van der Waals surface area contributed by atoms with Gasteiger partial charge in [0.1, 0.15) is 4.75 Å². The fourth-order valence-electron chi connectivity index (χ4n) is 4.44. The molecule has 168 valence electrons. The SMILES string of the molecule is CCCCc1ccc(C2CCN(SC3(C(N)=O)CCN(CCOC)CC3)CC2)nc1. The van der Waals surface area contributed by atoms with E-state index < -0.39 is 4.75 Å². The molecule has 2 aliphatic rings. The quantitative estimate of drug-likeness (QED) is 0.570. The maximum atomic E-state index is 12.4. The summed E-state index contributed by atoms with van der Waals surface area (Å²) >= 11 is 1.71. The van der Waals surface area contributed by atoms with Crippen LogP contribution < -0.4 is 5.73 Å². The fraction of sp³-hybridized carbons (Fsp3) is 0.739. The van der Waals surface area contributed by atoms with Crippen LogP contribution in [0.5, 0.6) is 0 Å². The Morgan fingerprint density at radius 3 is 2.57 bits per heavy atom. The Morgan fingerprint density at radius 2 is 2.00 bits per heavy atom. The van der Waals surface area contributed by atoms with E-state index in [9.17, 15) is 4.79 Å². The maximum absolute atomic E-state index is 12.4. The minimum atomic E-state index is -0.463. The second-order valence-electron chi connectivity index (χ2n) is 8.68. The van der Waals surface area contributed by atoms with Crippen molar-refractivity contribution in [2.24, 2.45) is 5.73 Å². The normalized spacial score (nSPS) is 21.0. The molecule has 1 amide bonds. The minimum absolute atomic E-state index is 0.162. The number of carbonyl (C=O) groups is 1. The standard InChI is InChI=1S/C23H38N4O2S/c1-3-4-5-19-6-7-21(25-18-19)20-8-12-27(13-9-20)30-23(22(24)28)10-14-26(15-11-23)16-17-29-2/h6-7,18,20H,3-5,8-17H2,1-2H3,(H2,24,28). The van der Waals surface area contributed by atoms with Crippen LogP contribution in [0.25, 0.3) is 0 Å². The summed E-state index contributed by atoms with van der Waals surface area (Å²) in [4.78, 5) is 19.5. The number of piperidine rings is 2. The number of amides is 1. The molecule has 3 rings (SSSR count). The molecule has 0 atom stereocenters. The Hall–Kier alpha value is -1.15. The van der Waals surface area contributed by atoms with Crippen molar-refractivity contribution in [3.8, 4) is 0 Å². The van der Waals surface area contributed by atoms with Crippen molar-refractivity contribution >= 4 is 17.9 Å². The van der Waals surface area contributed by atoms with Crippen LogP contribution in [0.15, 0.2) is 18.3 Å². The van der Waals surface area contributed by atoms with Crippen molar-refractivity contribution in [2.45, 2.75) is 62.5 Å². The number of nitrogens with two attached hydrogens (primary N) is 1. The summed E-state index contributed by atoms with van der Waals surface area (Å²) in [5.74, 6) is 0.354. The molecule has 2 fully saturated rings. The minimum Gasteiger partial charge on any atom is -0.383 e. The van der Waals surface area contributed by atoms with Crippen molar-refractivity contribution in [3.63, 3.8) is 0 Å². The molecule has 6 nitrogen and oxygen atoms in total. The number of rotatable bonds is 10. The number of aromatic nitrogens is 1. The Balaban J connectivity index is 1.50. The number of primary amides is 1. The van der Waals surface area contributed by atoms with Gasteiger partial charge in [0.05, 0.1) is 6.61 Å². The molecule has 2 N–H and O–H groups in total. The highest BCUT2D eigenvalue weighted by Crippen LogP contribution is 2.41. The molecular formula is C23H38N4O2S. The number of nitrogens with zero attached hydrogens (tertiary/aromatic N) is 3. The maximum Gasteiger partial charge on any atom is 0.235 e. The van der Waals surface area contributed by atoms with Crippen LogP contribution >= 0.6 is 11.9 Å². The molecule has 3 heterocycles. The highest BCUT2D eigenvalue weighted by molar-refractivity contribution is 7.99. The topological polar surface area (TPSA) is 71.7 Å². The van der Waals surface area contributed by atoms with Gasteiger partial charge in [-0.05, 0) is 50.2 Å². The number of hydrogen-bond acceptors (Lipinski definition) is 6. The van der Waals surface area contributed by atoms with Gasteiger partial charge in [-0.25, -0.2) is 4.31 Å². The van der Waals surface area contributed by atoms with Crippen LogP contribution in [0.2, 0.25) is 0 Å². The van der Waals surface area contributed by atoms with Gasteiger partial charge in [0.2, 0.25) is 5.91 Å². The van der Waals surface area contributed by atoms with Gasteiger partial charge in [0.15, 0.2) is 0 Å². The zero-order valence-electron chi connectivity index (χ0n) is 18.6.